The first kappa shape index (κ1) is 12.9. The summed E-state index contributed by atoms with van der Waals surface area (Å²) in [6.07, 6.45) is 4.42. The summed E-state index contributed by atoms with van der Waals surface area (Å²) in [5.74, 6) is 5.17. The largest absolute Gasteiger partial charge is 0.482 e. The molecule has 3 rings (SSSR count). The standard InChI is InChI=1S/C16H16OS2/c1-2-6-15-13(4-1)7-8-14-5-3-9-18-10-11-19-12-17-16(14)15/h1-8H,9-12H2. The van der Waals surface area contributed by atoms with Gasteiger partial charge in [-0.3, -0.25) is 0 Å². The molecule has 98 valence electrons. The fraction of sp³-hybridized carbons (Fsp3) is 0.250. The van der Waals surface area contributed by atoms with Crippen molar-refractivity contribution in [3.63, 3.8) is 0 Å². The van der Waals surface area contributed by atoms with Crippen molar-refractivity contribution in [2.75, 3.05) is 23.2 Å². The minimum absolute atomic E-state index is 0.732. The van der Waals surface area contributed by atoms with Crippen molar-refractivity contribution in [3.05, 3.63) is 48.0 Å². The van der Waals surface area contributed by atoms with Crippen molar-refractivity contribution in [2.24, 2.45) is 0 Å². The van der Waals surface area contributed by atoms with Crippen LogP contribution >= 0.6 is 23.5 Å². The fourth-order valence-electron chi connectivity index (χ4n) is 2.16. The van der Waals surface area contributed by atoms with Gasteiger partial charge in [-0.05, 0) is 5.39 Å². The maximum atomic E-state index is 6.04. The Bertz CT molecular complexity index is 592. The van der Waals surface area contributed by atoms with E-state index in [-0.39, 0.29) is 0 Å². The van der Waals surface area contributed by atoms with E-state index < -0.39 is 0 Å². The van der Waals surface area contributed by atoms with Crippen LogP contribution in [0.3, 0.4) is 0 Å². The van der Waals surface area contributed by atoms with Gasteiger partial charge in [0.15, 0.2) is 0 Å². The van der Waals surface area contributed by atoms with Crippen LogP contribution in [0.1, 0.15) is 5.56 Å². The number of fused-ring (bicyclic) bond motifs is 3. The van der Waals surface area contributed by atoms with Crippen molar-refractivity contribution < 1.29 is 4.74 Å². The second-order valence-electron chi connectivity index (χ2n) is 4.35. The highest BCUT2D eigenvalue weighted by Crippen LogP contribution is 2.32. The Hall–Kier alpha value is -1.06. The molecule has 0 atom stereocenters. The Morgan fingerprint density at radius 3 is 2.84 bits per heavy atom. The summed E-state index contributed by atoms with van der Waals surface area (Å²) < 4.78 is 6.04. The summed E-state index contributed by atoms with van der Waals surface area (Å²) in [6.45, 7) is 0. The molecule has 0 unspecified atom stereocenters. The number of ether oxygens (including phenoxy) is 1. The zero-order valence-corrected chi connectivity index (χ0v) is 12.3. The van der Waals surface area contributed by atoms with Gasteiger partial charge in [-0.1, -0.05) is 48.6 Å². The first-order valence-corrected chi connectivity index (χ1v) is 8.73. The second kappa shape index (κ2) is 6.40. The van der Waals surface area contributed by atoms with E-state index in [0.29, 0.717) is 0 Å². The highest BCUT2D eigenvalue weighted by Gasteiger charge is 2.07. The summed E-state index contributed by atoms with van der Waals surface area (Å²) in [7, 11) is 0. The van der Waals surface area contributed by atoms with Gasteiger partial charge in [0.1, 0.15) is 11.7 Å². The average molecular weight is 288 g/mol. The molecule has 0 fully saturated rings. The molecule has 1 aliphatic rings. The number of benzene rings is 2. The molecule has 0 bridgehead atoms. The Morgan fingerprint density at radius 1 is 0.947 bits per heavy atom. The van der Waals surface area contributed by atoms with Gasteiger partial charge in [0, 0.05) is 28.2 Å². The van der Waals surface area contributed by atoms with E-state index in [2.05, 4.69) is 48.6 Å². The van der Waals surface area contributed by atoms with Crippen LogP contribution in [-0.4, -0.2) is 23.2 Å². The fourth-order valence-corrected chi connectivity index (χ4v) is 3.82. The first-order valence-electron chi connectivity index (χ1n) is 6.42. The topological polar surface area (TPSA) is 9.23 Å². The Kier molecular flexibility index (Phi) is 4.36. The van der Waals surface area contributed by atoms with Crippen LogP contribution in [-0.2, 0) is 0 Å². The SMILES string of the molecule is C1=Cc2ccc3ccccc3c2OCSCCSC1. The van der Waals surface area contributed by atoms with Gasteiger partial charge in [0.2, 0.25) is 0 Å². The normalized spacial score (nSPS) is 16.4. The Labute approximate surface area is 122 Å². The van der Waals surface area contributed by atoms with Crippen molar-refractivity contribution >= 4 is 40.4 Å². The summed E-state index contributed by atoms with van der Waals surface area (Å²) >= 11 is 3.84. The molecule has 0 aromatic heterocycles. The van der Waals surface area contributed by atoms with E-state index in [9.17, 15) is 0 Å². The third kappa shape index (κ3) is 3.10. The summed E-state index contributed by atoms with van der Waals surface area (Å²) in [5, 5.41) is 2.45. The number of rotatable bonds is 0. The zero-order valence-electron chi connectivity index (χ0n) is 10.7. The van der Waals surface area contributed by atoms with Gasteiger partial charge in [-0.2, -0.15) is 11.8 Å². The van der Waals surface area contributed by atoms with Crippen LogP contribution in [0.4, 0.5) is 0 Å². The van der Waals surface area contributed by atoms with Crippen molar-refractivity contribution in [2.45, 2.75) is 0 Å². The quantitative estimate of drug-likeness (QED) is 0.697. The lowest BCUT2D eigenvalue weighted by Crippen LogP contribution is -1.97. The molecule has 0 amide bonds. The number of hydrogen-bond acceptors (Lipinski definition) is 3. The third-order valence-corrected chi connectivity index (χ3v) is 5.04. The predicted octanol–water partition coefficient (Wildman–Crippen LogP) is 4.67. The molecule has 19 heavy (non-hydrogen) atoms. The molecule has 1 nitrogen and oxygen atoms in total. The third-order valence-electron chi connectivity index (χ3n) is 3.08. The van der Waals surface area contributed by atoms with E-state index >= 15 is 0 Å². The summed E-state index contributed by atoms with van der Waals surface area (Å²) in [4.78, 5) is 0. The van der Waals surface area contributed by atoms with Gasteiger partial charge in [0.05, 0.1) is 0 Å². The van der Waals surface area contributed by atoms with Crippen LogP contribution < -0.4 is 4.74 Å². The Morgan fingerprint density at radius 2 is 1.84 bits per heavy atom. The van der Waals surface area contributed by atoms with Gasteiger partial charge in [0.25, 0.3) is 0 Å². The van der Waals surface area contributed by atoms with E-state index in [1.165, 1.54) is 22.1 Å². The summed E-state index contributed by atoms with van der Waals surface area (Å²) in [6, 6.07) is 12.7. The minimum Gasteiger partial charge on any atom is -0.482 e. The van der Waals surface area contributed by atoms with Gasteiger partial charge < -0.3 is 4.74 Å². The first-order chi connectivity index (χ1) is 9.45. The van der Waals surface area contributed by atoms with Crippen LogP contribution in [0.25, 0.3) is 16.8 Å². The Balaban J connectivity index is 2.05. The smallest absolute Gasteiger partial charge is 0.135 e. The molecule has 0 saturated heterocycles. The lowest BCUT2D eigenvalue weighted by Gasteiger charge is -2.12. The maximum absolute atomic E-state index is 6.04. The van der Waals surface area contributed by atoms with Crippen molar-refractivity contribution in [1.29, 1.82) is 0 Å². The molecule has 3 heteroatoms. The highest BCUT2D eigenvalue weighted by molar-refractivity contribution is 8.02. The highest BCUT2D eigenvalue weighted by atomic mass is 32.2. The van der Waals surface area contributed by atoms with Crippen LogP contribution in [0.2, 0.25) is 0 Å². The van der Waals surface area contributed by atoms with Crippen LogP contribution in [0, 0.1) is 0 Å². The second-order valence-corrected chi connectivity index (χ2v) is 6.55. The van der Waals surface area contributed by atoms with Gasteiger partial charge in [-0.25, -0.2) is 0 Å². The molecule has 0 aliphatic carbocycles. The zero-order chi connectivity index (χ0) is 12.9. The molecule has 1 heterocycles. The lowest BCUT2D eigenvalue weighted by atomic mass is 10.0. The van der Waals surface area contributed by atoms with Gasteiger partial charge in [-0.15, -0.1) is 11.8 Å². The number of thioether (sulfide) groups is 2. The summed E-state index contributed by atoms with van der Waals surface area (Å²) in [5.41, 5.74) is 1.18. The molecular weight excluding hydrogens is 272 g/mol. The molecule has 1 aliphatic heterocycles. The predicted molar refractivity (Wildman–Crippen MR) is 88.3 cm³/mol. The average Bonchev–Trinajstić information content (AvgIpc) is 2.51. The van der Waals surface area contributed by atoms with E-state index in [0.717, 1.165) is 23.2 Å². The minimum atomic E-state index is 0.732. The van der Waals surface area contributed by atoms with E-state index in [1.54, 1.807) is 0 Å². The lowest BCUT2D eigenvalue weighted by molar-refractivity contribution is 0.397. The molecular formula is C16H16OS2. The van der Waals surface area contributed by atoms with E-state index in [4.69, 9.17) is 4.74 Å². The van der Waals surface area contributed by atoms with Gasteiger partial charge >= 0.3 is 0 Å². The van der Waals surface area contributed by atoms with Crippen LogP contribution in [0.15, 0.2) is 42.5 Å². The molecule has 2 aromatic rings. The maximum Gasteiger partial charge on any atom is 0.135 e. The number of hydrogen-bond donors (Lipinski definition) is 0. The van der Waals surface area contributed by atoms with Crippen molar-refractivity contribution in [1.82, 2.24) is 0 Å². The van der Waals surface area contributed by atoms with Crippen LogP contribution in [0.5, 0.6) is 5.75 Å². The molecule has 0 saturated carbocycles. The molecule has 0 N–H and O–H groups in total. The van der Waals surface area contributed by atoms with E-state index in [1.807, 2.05) is 23.5 Å². The van der Waals surface area contributed by atoms with Crippen molar-refractivity contribution in [3.8, 4) is 5.75 Å². The molecule has 0 radical (unpaired) electrons. The monoisotopic (exact) mass is 288 g/mol. The molecule has 0 spiro atoms. The molecule has 2 aromatic carbocycles.